The molecule has 0 fully saturated rings. The molecule has 0 bridgehead atoms. The van der Waals surface area contributed by atoms with Crippen molar-refractivity contribution in [1.29, 1.82) is 0 Å². The van der Waals surface area contributed by atoms with E-state index in [1.807, 2.05) is 0 Å². The van der Waals surface area contributed by atoms with E-state index in [1.165, 1.54) is 32.1 Å². The highest BCUT2D eigenvalue weighted by Crippen LogP contribution is 2.17. The van der Waals surface area contributed by atoms with Crippen LogP contribution in [0.3, 0.4) is 0 Å². The predicted octanol–water partition coefficient (Wildman–Crippen LogP) is 3.58. The molecule has 0 amide bonds. The third kappa shape index (κ3) is 6.09. The summed E-state index contributed by atoms with van der Waals surface area (Å²) in [6.07, 6.45) is 6.55. The van der Waals surface area contributed by atoms with Crippen LogP contribution in [0.1, 0.15) is 59.8 Å². The minimum atomic E-state index is 0.414. The molecule has 80 valence electrons. The van der Waals surface area contributed by atoms with Gasteiger partial charge in [-0.15, -0.1) is 0 Å². The highest BCUT2D eigenvalue weighted by Gasteiger charge is 2.15. The van der Waals surface area contributed by atoms with Crippen molar-refractivity contribution >= 4 is 0 Å². The molecule has 0 rings (SSSR count). The minimum absolute atomic E-state index is 0.414. The molecule has 2 N–H and O–H groups in total. The first kappa shape index (κ1) is 13.0. The number of hydrogen-bond acceptors (Lipinski definition) is 1. The number of unbranched alkanes of at least 4 members (excludes halogenated alkanes) is 3. The van der Waals surface area contributed by atoms with Gasteiger partial charge in [-0.25, -0.2) is 0 Å². The highest BCUT2D eigenvalue weighted by molar-refractivity contribution is 4.71. The van der Waals surface area contributed by atoms with Crippen molar-refractivity contribution < 1.29 is 0 Å². The maximum absolute atomic E-state index is 6.10. The zero-order valence-electron chi connectivity index (χ0n) is 9.84. The Balaban J connectivity index is 3.44. The first-order valence-corrected chi connectivity index (χ1v) is 5.85. The summed E-state index contributed by atoms with van der Waals surface area (Å²) in [6.45, 7) is 9.04. The Morgan fingerprint density at radius 2 is 1.62 bits per heavy atom. The summed E-state index contributed by atoms with van der Waals surface area (Å²) < 4.78 is 0. The van der Waals surface area contributed by atoms with Gasteiger partial charge in [0.05, 0.1) is 0 Å². The van der Waals surface area contributed by atoms with Crippen LogP contribution in [-0.2, 0) is 0 Å². The molecule has 0 aromatic heterocycles. The normalized spacial score (nSPS) is 16.2. The van der Waals surface area contributed by atoms with Crippen LogP contribution in [-0.4, -0.2) is 6.04 Å². The fourth-order valence-electron chi connectivity index (χ4n) is 1.56. The van der Waals surface area contributed by atoms with Crippen LogP contribution in [0, 0.1) is 11.8 Å². The highest BCUT2D eigenvalue weighted by atomic mass is 14.6. The van der Waals surface area contributed by atoms with Gasteiger partial charge >= 0.3 is 0 Å². The van der Waals surface area contributed by atoms with Crippen molar-refractivity contribution in [2.75, 3.05) is 0 Å². The number of hydrogen-bond donors (Lipinski definition) is 1. The summed E-state index contributed by atoms with van der Waals surface area (Å²) in [7, 11) is 0. The number of rotatable bonds is 7. The van der Waals surface area contributed by atoms with E-state index in [4.69, 9.17) is 5.73 Å². The lowest BCUT2D eigenvalue weighted by Crippen LogP contribution is -2.31. The van der Waals surface area contributed by atoms with E-state index in [2.05, 4.69) is 27.7 Å². The molecule has 0 aromatic carbocycles. The van der Waals surface area contributed by atoms with Gasteiger partial charge in [0.25, 0.3) is 0 Å². The Hall–Kier alpha value is -0.0400. The average Bonchev–Trinajstić information content (AvgIpc) is 2.10. The zero-order valence-corrected chi connectivity index (χ0v) is 9.84. The van der Waals surface area contributed by atoms with Crippen LogP contribution < -0.4 is 5.73 Å². The Morgan fingerprint density at radius 3 is 2.08 bits per heavy atom. The fraction of sp³-hybridized carbons (Fsp3) is 1.00. The Bertz CT molecular complexity index is 110. The quantitative estimate of drug-likeness (QED) is 0.603. The largest absolute Gasteiger partial charge is 0.327 e. The van der Waals surface area contributed by atoms with Crippen molar-refractivity contribution in [3.05, 3.63) is 0 Å². The van der Waals surface area contributed by atoms with Crippen LogP contribution >= 0.6 is 0 Å². The second-order valence-corrected chi connectivity index (χ2v) is 4.62. The molecule has 2 atom stereocenters. The monoisotopic (exact) mass is 185 g/mol. The second-order valence-electron chi connectivity index (χ2n) is 4.62. The summed E-state index contributed by atoms with van der Waals surface area (Å²) in [5.41, 5.74) is 6.10. The van der Waals surface area contributed by atoms with E-state index >= 15 is 0 Å². The topological polar surface area (TPSA) is 26.0 Å². The molecular formula is C12H27N. The molecule has 0 spiro atoms. The Kier molecular flexibility index (Phi) is 7.35. The zero-order chi connectivity index (χ0) is 10.3. The van der Waals surface area contributed by atoms with E-state index in [1.54, 1.807) is 0 Å². The molecule has 0 heterocycles. The van der Waals surface area contributed by atoms with Crippen LogP contribution in [0.25, 0.3) is 0 Å². The van der Waals surface area contributed by atoms with Crippen molar-refractivity contribution in [3.8, 4) is 0 Å². The van der Waals surface area contributed by atoms with Gasteiger partial charge in [-0.2, -0.15) is 0 Å². The summed E-state index contributed by atoms with van der Waals surface area (Å²) in [5.74, 6) is 1.39. The minimum Gasteiger partial charge on any atom is -0.327 e. The molecule has 0 radical (unpaired) electrons. The van der Waals surface area contributed by atoms with Gasteiger partial charge in [0.2, 0.25) is 0 Å². The standard InChI is InChI=1S/C12H27N/c1-5-6-7-8-9-12(13)11(4)10(2)3/h10-12H,5-9,13H2,1-4H3. The van der Waals surface area contributed by atoms with Crippen LogP contribution in [0.2, 0.25) is 0 Å². The van der Waals surface area contributed by atoms with Gasteiger partial charge in [0.1, 0.15) is 0 Å². The van der Waals surface area contributed by atoms with E-state index < -0.39 is 0 Å². The molecule has 0 aromatic rings. The molecule has 0 saturated heterocycles. The predicted molar refractivity (Wildman–Crippen MR) is 60.7 cm³/mol. The van der Waals surface area contributed by atoms with E-state index in [0.29, 0.717) is 12.0 Å². The van der Waals surface area contributed by atoms with Crippen LogP contribution in [0.5, 0.6) is 0 Å². The van der Waals surface area contributed by atoms with Gasteiger partial charge < -0.3 is 5.73 Å². The summed E-state index contributed by atoms with van der Waals surface area (Å²) in [6, 6.07) is 0.414. The molecule has 1 heteroatoms. The molecular weight excluding hydrogens is 158 g/mol. The number of nitrogens with two attached hydrogens (primary N) is 1. The molecule has 0 saturated carbocycles. The van der Waals surface area contributed by atoms with Crippen molar-refractivity contribution in [2.24, 2.45) is 17.6 Å². The Labute approximate surface area is 84.1 Å². The van der Waals surface area contributed by atoms with E-state index in [0.717, 1.165) is 5.92 Å². The third-order valence-corrected chi connectivity index (χ3v) is 3.12. The molecule has 13 heavy (non-hydrogen) atoms. The summed E-state index contributed by atoms with van der Waals surface area (Å²) in [5, 5.41) is 0. The lowest BCUT2D eigenvalue weighted by Gasteiger charge is -2.23. The molecule has 0 aliphatic carbocycles. The maximum atomic E-state index is 6.10. The summed E-state index contributed by atoms with van der Waals surface area (Å²) >= 11 is 0. The van der Waals surface area contributed by atoms with Crippen molar-refractivity contribution in [2.45, 2.75) is 65.8 Å². The van der Waals surface area contributed by atoms with Gasteiger partial charge in [-0.1, -0.05) is 53.4 Å². The molecule has 0 aliphatic rings. The van der Waals surface area contributed by atoms with Crippen molar-refractivity contribution in [1.82, 2.24) is 0 Å². The lowest BCUT2D eigenvalue weighted by molar-refractivity contribution is 0.326. The smallest absolute Gasteiger partial charge is 0.00669 e. The van der Waals surface area contributed by atoms with Gasteiger partial charge in [0, 0.05) is 6.04 Å². The molecule has 1 nitrogen and oxygen atoms in total. The molecule has 0 aliphatic heterocycles. The maximum Gasteiger partial charge on any atom is 0.00669 e. The van der Waals surface area contributed by atoms with E-state index in [9.17, 15) is 0 Å². The van der Waals surface area contributed by atoms with Gasteiger partial charge in [-0.05, 0) is 18.3 Å². The van der Waals surface area contributed by atoms with Crippen LogP contribution in [0.15, 0.2) is 0 Å². The van der Waals surface area contributed by atoms with Gasteiger partial charge in [0.15, 0.2) is 0 Å². The first-order valence-electron chi connectivity index (χ1n) is 5.85. The molecule has 2 unspecified atom stereocenters. The van der Waals surface area contributed by atoms with Crippen molar-refractivity contribution in [3.63, 3.8) is 0 Å². The Morgan fingerprint density at radius 1 is 1.00 bits per heavy atom. The first-order chi connectivity index (χ1) is 6.09. The van der Waals surface area contributed by atoms with Gasteiger partial charge in [-0.3, -0.25) is 0 Å². The SMILES string of the molecule is CCCCCCC(N)C(C)C(C)C. The lowest BCUT2D eigenvalue weighted by atomic mass is 9.88. The average molecular weight is 185 g/mol. The second kappa shape index (κ2) is 7.37. The fourth-order valence-corrected chi connectivity index (χ4v) is 1.56. The summed E-state index contributed by atoms with van der Waals surface area (Å²) in [4.78, 5) is 0. The van der Waals surface area contributed by atoms with E-state index in [-0.39, 0.29) is 0 Å². The third-order valence-electron chi connectivity index (χ3n) is 3.12. The van der Waals surface area contributed by atoms with Crippen LogP contribution in [0.4, 0.5) is 0 Å².